The number of morpholine rings is 1. The van der Waals surface area contributed by atoms with Crippen LogP contribution in [0.15, 0.2) is 118 Å². The highest BCUT2D eigenvalue weighted by Crippen LogP contribution is 2.38. The van der Waals surface area contributed by atoms with Crippen molar-refractivity contribution in [1.82, 2.24) is 24.7 Å². The Morgan fingerprint density at radius 2 is 1.59 bits per heavy atom. The minimum atomic E-state index is -6.01. The molecular formula is C47H53ClF3N7O5S3. The Bertz CT molecular complexity index is 2670. The third-order valence-electron chi connectivity index (χ3n) is 12.7. The number of likely N-dealkylation sites (tertiary alicyclic amines) is 1. The van der Waals surface area contributed by atoms with E-state index in [4.69, 9.17) is 16.3 Å². The number of ether oxygens (including phenoxy) is 1. The third-order valence-corrected chi connectivity index (χ3v) is 17.0. The summed E-state index contributed by atoms with van der Waals surface area (Å²) in [5, 5.41) is 3.75. The van der Waals surface area contributed by atoms with Crippen LogP contribution < -0.4 is 10.0 Å². The van der Waals surface area contributed by atoms with Crippen LogP contribution >= 0.6 is 23.4 Å². The number of nitrogens with zero attached hydrogens (tertiary/aromatic N) is 5. The third kappa shape index (κ3) is 11.3. The van der Waals surface area contributed by atoms with Gasteiger partial charge in [0.1, 0.15) is 17.0 Å². The van der Waals surface area contributed by atoms with Gasteiger partial charge in [-0.2, -0.15) is 13.2 Å². The SMILES string of the molecule is C[C@@H](c1ccccc1-c1ccc(Cl)cc1)N1CCC(N2CCc3c(ncnc3NS(=O)(=O)c3ccc(N[C@H](CCN4CCOCC4)CSc4ccccc4)c(S(=O)(=O)C(F)(F)F)c3)C2)CC1. The van der Waals surface area contributed by atoms with Gasteiger partial charge in [0.25, 0.3) is 19.9 Å². The number of hydrogen-bond donors (Lipinski definition) is 2. The van der Waals surface area contributed by atoms with Gasteiger partial charge in [-0.15, -0.1) is 11.8 Å². The second-order valence-electron chi connectivity index (χ2n) is 16.8. The molecule has 2 N–H and O–H groups in total. The average Bonchev–Trinajstić information content (AvgIpc) is 3.32. The van der Waals surface area contributed by atoms with Crippen molar-refractivity contribution in [3.05, 3.63) is 125 Å². The maximum atomic E-state index is 14.3. The van der Waals surface area contributed by atoms with Gasteiger partial charge in [-0.1, -0.05) is 66.2 Å². The molecule has 0 radical (unpaired) electrons. The van der Waals surface area contributed by atoms with E-state index in [1.807, 2.05) is 54.6 Å². The minimum absolute atomic E-state index is 0.00573. The standard InChI is InChI=1S/C47H53ClF3N7O5S3/c1-33(40-9-5-6-10-41(40)34-11-13-35(48)14-12-34)57-22-18-37(19-23-57)58-24-20-42-44(30-58)52-32-53-46(42)55-66(61,62)39-15-16-43(45(29-39)65(59,60)47(49,50)51)54-36(17-21-56-25-27-63-28-26-56)31-64-38-7-3-2-4-8-38/h2-16,29,32-33,36-37,54H,17-28,30-31H2,1H3,(H,52,53,55)/t33-,36+/m0/s1. The summed E-state index contributed by atoms with van der Waals surface area (Å²) in [6.45, 7) is 8.23. The minimum Gasteiger partial charge on any atom is -0.380 e. The second-order valence-corrected chi connectivity index (χ2v) is 21.9. The Morgan fingerprint density at radius 3 is 2.32 bits per heavy atom. The van der Waals surface area contributed by atoms with Gasteiger partial charge in [0.15, 0.2) is 0 Å². The van der Waals surface area contributed by atoms with Gasteiger partial charge in [0, 0.05) is 85.2 Å². The van der Waals surface area contributed by atoms with Crippen LogP contribution in [0, 0.1) is 0 Å². The number of thioether (sulfide) groups is 1. The molecule has 2 saturated heterocycles. The fourth-order valence-corrected chi connectivity index (χ4v) is 12.2. The largest absolute Gasteiger partial charge is 0.501 e. The summed E-state index contributed by atoms with van der Waals surface area (Å²) >= 11 is 7.65. The Labute approximate surface area is 394 Å². The first kappa shape index (κ1) is 48.2. The van der Waals surface area contributed by atoms with Crippen LogP contribution in [0.1, 0.15) is 49.0 Å². The number of halogens is 4. The molecule has 0 amide bonds. The lowest BCUT2D eigenvalue weighted by Gasteiger charge is -2.42. The van der Waals surface area contributed by atoms with Crippen molar-refractivity contribution >= 4 is 54.7 Å². The molecule has 0 aliphatic carbocycles. The molecule has 2 atom stereocenters. The number of hydrogen-bond acceptors (Lipinski definition) is 12. The average molecular weight is 985 g/mol. The lowest BCUT2D eigenvalue weighted by molar-refractivity contribution is -0.0435. The molecule has 352 valence electrons. The highest BCUT2D eigenvalue weighted by molar-refractivity contribution is 7.99. The zero-order valence-corrected chi connectivity index (χ0v) is 39.7. The first-order chi connectivity index (χ1) is 31.7. The summed E-state index contributed by atoms with van der Waals surface area (Å²) in [6, 6.07) is 28.6. The van der Waals surface area contributed by atoms with E-state index >= 15 is 0 Å². The Balaban J connectivity index is 0.958. The Hall–Kier alpha value is -4.27. The molecule has 4 aromatic carbocycles. The zero-order valence-electron chi connectivity index (χ0n) is 36.5. The van der Waals surface area contributed by atoms with Crippen LogP contribution in [0.2, 0.25) is 5.02 Å². The quantitative estimate of drug-likeness (QED) is 0.0915. The number of sulfone groups is 1. The van der Waals surface area contributed by atoms with Crippen molar-refractivity contribution in [2.75, 3.05) is 68.3 Å². The van der Waals surface area contributed by atoms with Gasteiger partial charge in [-0.3, -0.25) is 19.4 Å². The molecular weight excluding hydrogens is 931 g/mol. The number of anilines is 2. The number of aromatic nitrogens is 2. The number of fused-ring (bicyclic) bond motifs is 1. The summed E-state index contributed by atoms with van der Waals surface area (Å²) in [5.74, 6) is 0.406. The van der Waals surface area contributed by atoms with E-state index in [0.717, 1.165) is 48.5 Å². The number of benzene rings is 4. The fraction of sp³-hybridized carbons (Fsp3) is 0.404. The van der Waals surface area contributed by atoms with Crippen molar-refractivity contribution in [2.24, 2.45) is 0 Å². The fourth-order valence-electron chi connectivity index (χ4n) is 8.98. The van der Waals surface area contributed by atoms with Gasteiger partial charge >= 0.3 is 5.51 Å². The van der Waals surface area contributed by atoms with Gasteiger partial charge in [-0.25, -0.2) is 26.8 Å². The van der Waals surface area contributed by atoms with E-state index in [9.17, 15) is 30.0 Å². The number of piperidine rings is 1. The van der Waals surface area contributed by atoms with Gasteiger partial charge in [-0.05, 0) is 91.8 Å². The van der Waals surface area contributed by atoms with Gasteiger partial charge in [0.05, 0.1) is 29.5 Å². The Morgan fingerprint density at radius 1 is 0.879 bits per heavy atom. The van der Waals surface area contributed by atoms with Crippen LogP contribution in [-0.2, 0) is 37.6 Å². The molecule has 12 nitrogen and oxygen atoms in total. The first-order valence-corrected chi connectivity index (χ1v) is 26.4. The van der Waals surface area contributed by atoms with E-state index < -0.39 is 41.2 Å². The zero-order chi connectivity index (χ0) is 46.5. The summed E-state index contributed by atoms with van der Waals surface area (Å²) in [7, 11) is -10.6. The molecule has 5 aromatic rings. The van der Waals surface area contributed by atoms with E-state index in [1.165, 1.54) is 29.2 Å². The molecule has 0 saturated carbocycles. The summed E-state index contributed by atoms with van der Waals surface area (Å²) < 4.78 is 105. The summed E-state index contributed by atoms with van der Waals surface area (Å²) in [5.41, 5.74) is -1.26. The summed E-state index contributed by atoms with van der Waals surface area (Å²) in [6.07, 6.45) is 4.04. The number of alkyl halides is 3. The number of sulfonamides is 1. The van der Waals surface area contributed by atoms with E-state index in [1.54, 1.807) is 0 Å². The van der Waals surface area contributed by atoms with E-state index in [0.29, 0.717) is 86.9 Å². The maximum Gasteiger partial charge on any atom is 0.501 e. The highest BCUT2D eigenvalue weighted by atomic mass is 35.5. The van der Waals surface area contributed by atoms with Crippen molar-refractivity contribution in [2.45, 2.75) is 77.5 Å². The predicted octanol–water partition coefficient (Wildman–Crippen LogP) is 8.77. The summed E-state index contributed by atoms with van der Waals surface area (Å²) in [4.78, 5) is 14.9. The van der Waals surface area contributed by atoms with Crippen LogP contribution in [0.4, 0.5) is 24.7 Å². The monoisotopic (exact) mass is 983 g/mol. The van der Waals surface area contributed by atoms with Crippen molar-refractivity contribution in [3.8, 4) is 11.1 Å². The molecule has 0 unspecified atom stereocenters. The molecule has 19 heteroatoms. The molecule has 0 bridgehead atoms. The number of nitrogens with one attached hydrogen (secondary N) is 2. The van der Waals surface area contributed by atoms with E-state index in [-0.39, 0.29) is 23.6 Å². The van der Waals surface area contributed by atoms with Gasteiger partial charge in [0.2, 0.25) is 0 Å². The van der Waals surface area contributed by atoms with Crippen LogP contribution in [-0.4, -0.2) is 117 Å². The lowest BCUT2D eigenvalue weighted by Crippen LogP contribution is -2.47. The molecule has 66 heavy (non-hydrogen) atoms. The highest BCUT2D eigenvalue weighted by Gasteiger charge is 2.48. The smallest absolute Gasteiger partial charge is 0.380 e. The number of rotatable bonds is 16. The molecule has 4 heterocycles. The molecule has 1 aromatic heterocycles. The van der Waals surface area contributed by atoms with Crippen LogP contribution in [0.3, 0.4) is 0 Å². The van der Waals surface area contributed by atoms with Crippen molar-refractivity contribution in [3.63, 3.8) is 0 Å². The molecule has 0 spiro atoms. The van der Waals surface area contributed by atoms with Gasteiger partial charge < -0.3 is 10.1 Å². The topological polar surface area (TPSA) is 137 Å². The maximum absolute atomic E-state index is 14.3. The van der Waals surface area contributed by atoms with Crippen molar-refractivity contribution < 1.29 is 34.7 Å². The molecule has 8 rings (SSSR count). The molecule has 3 aliphatic heterocycles. The Kier molecular flexibility index (Phi) is 15.3. The predicted molar refractivity (Wildman–Crippen MR) is 253 cm³/mol. The molecule has 2 fully saturated rings. The first-order valence-electron chi connectivity index (χ1n) is 22.0. The molecule has 3 aliphatic rings. The van der Waals surface area contributed by atoms with Crippen LogP contribution in [0.5, 0.6) is 0 Å². The van der Waals surface area contributed by atoms with E-state index in [2.05, 4.69) is 65.9 Å². The van der Waals surface area contributed by atoms with Crippen LogP contribution in [0.25, 0.3) is 11.1 Å². The normalized spacial score (nSPS) is 18.1. The second kappa shape index (κ2) is 20.9. The lowest BCUT2D eigenvalue weighted by atomic mass is 9.92. The van der Waals surface area contributed by atoms with Crippen molar-refractivity contribution in [1.29, 1.82) is 0 Å².